The van der Waals surface area contributed by atoms with Crippen LogP contribution in [0, 0.1) is 11.3 Å². The van der Waals surface area contributed by atoms with E-state index in [2.05, 4.69) is 37.3 Å². The van der Waals surface area contributed by atoms with Gasteiger partial charge >= 0.3 is 0 Å². The molecule has 0 saturated heterocycles. The first-order valence-corrected chi connectivity index (χ1v) is 5.61. The lowest BCUT2D eigenvalue weighted by molar-refractivity contribution is 0.210. The molecule has 0 aliphatic rings. The van der Waals surface area contributed by atoms with E-state index in [0.29, 0.717) is 5.92 Å². The van der Waals surface area contributed by atoms with Crippen molar-refractivity contribution in [3.05, 3.63) is 18.0 Å². The molecule has 0 radical (unpaired) electrons. The second kappa shape index (κ2) is 4.79. The van der Waals surface area contributed by atoms with Crippen LogP contribution in [0.4, 0.5) is 0 Å². The second-order valence-corrected chi connectivity index (χ2v) is 5.00. The molecule has 1 aromatic heterocycles. The quantitative estimate of drug-likeness (QED) is 0.802. The molecular weight excluding hydrogens is 186 g/mol. The zero-order chi connectivity index (χ0) is 11.5. The van der Waals surface area contributed by atoms with Crippen molar-refractivity contribution in [1.82, 2.24) is 15.1 Å². The summed E-state index contributed by atoms with van der Waals surface area (Å²) in [6.45, 7) is 7.91. The lowest BCUT2D eigenvalue weighted by Gasteiger charge is -2.33. The topological polar surface area (TPSA) is 29.9 Å². The Morgan fingerprint density at radius 2 is 2.20 bits per heavy atom. The van der Waals surface area contributed by atoms with Crippen LogP contribution < -0.4 is 5.32 Å². The second-order valence-electron chi connectivity index (χ2n) is 5.00. The van der Waals surface area contributed by atoms with Gasteiger partial charge in [0.25, 0.3) is 0 Å². The minimum Gasteiger partial charge on any atom is -0.319 e. The number of nitrogens with zero attached hydrogens (tertiary/aromatic N) is 2. The van der Waals surface area contributed by atoms with Gasteiger partial charge in [-0.05, 0) is 30.9 Å². The van der Waals surface area contributed by atoms with Crippen LogP contribution in [0.15, 0.2) is 12.3 Å². The Morgan fingerprint density at radius 3 is 2.60 bits per heavy atom. The Morgan fingerprint density at radius 1 is 1.53 bits per heavy atom. The van der Waals surface area contributed by atoms with Gasteiger partial charge in [-0.1, -0.05) is 20.8 Å². The molecule has 0 bridgehead atoms. The molecule has 0 aliphatic carbocycles. The predicted octanol–water partition coefficient (Wildman–Crippen LogP) is 1.84. The molecule has 0 aromatic carbocycles. The van der Waals surface area contributed by atoms with Crippen LogP contribution in [0.25, 0.3) is 0 Å². The summed E-state index contributed by atoms with van der Waals surface area (Å²) in [5, 5.41) is 7.73. The van der Waals surface area contributed by atoms with Gasteiger partial charge in [0.15, 0.2) is 0 Å². The lowest BCUT2D eigenvalue weighted by Crippen LogP contribution is -2.36. The first-order valence-electron chi connectivity index (χ1n) is 5.61. The van der Waals surface area contributed by atoms with E-state index in [-0.39, 0.29) is 5.41 Å². The van der Waals surface area contributed by atoms with Crippen molar-refractivity contribution >= 4 is 0 Å². The third-order valence-corrected chi connectivity index (χ3v) is 3.33. The highest BCUT2D eigenvalue weighted by Crippen LogP contribution is 2.29. The lowest BCUT2D eigenvalue weighted by atomic mass is 9.75. The van der Waals surface area contributed by atoms with Crippen molar-refractivity contribution in [2.45, 2.75) is 27.2 Å². The summed E-state index contributed by atoms with van der Waals surface area (Å²) < 4.78 is 1.87. The van der Waals surface area contributed by atoms with Gasteiger partial charge < -0.3 is 5.32 Å². The average molecular weight is 209 g/mol. The Bertz CT molecular complexity index is 304. The molecule has 3 heteroatoms. The first kappa shape index (κ1) is 12.2. The Balaban J connectivity index is 2.74. The molecule has 1 rings (SSSR count). The maximum atomic E-state index is 4.45. The summed E-state index contributed by atoms with van der Waals surface area (Å²) in [4.78, 5) is 0. The molecule has 0 saturated carbocycles. The summed E-state index contributed by atoms with van der Waals surface area (Å²) in [7, 11) is 3.98. The minimum absolute atomic E-state index is 0.281. The molecule has 0 spiro atoms. The van der Waals surface area contributed by atoms with Gasteiger partial charge in [-0.3, -0.25) is 4.68 Å². The summed E-state index contributed by atoms with van der Waals surface area (Å²) >= 11 is 0. The maximum Gasteiger partial charge on any atom is 0.0630 e. The van der Waals surface area contributed by atoms with Gasteiger partial charge in [0.1, 0.15) is 0 Å². The van der Waals surface area contributed by atoms with Gasteiger partial charge in [0.2, 0.25) is 0 Å². The zero-order valence-corrected chi connectivity index (χ0v) is 10.5. The monoisotopic (exact) mass is 209 g/mol. The van der Waals surface area contributed by atoms with Crippen LogP contribution in [0.5, 0.6) is 0 Å². The number of aromatic nitrogens is 2. The van der Waals surface area contributed by atoms with Crippen LogP contribution in [0.3, 0.4) is 0 Å². The third kappa shape index (κ3) is 3.06. The predicted molar refractivity (Wildman–Crippen MR) is 63.8 cm³/mol. The molecule has 1 heterocycles. The van der Waals surface area contributed by atoms with Crippen LogP contribution >= 0.6 is 0 Å². The molecule has 1 aromatic rings. The van der Waals surface area contributed by atoms with Crippen molar-refractivity contribution in [3.63, 3.8) is 0 Å². The number of rotatable bonds is 5. The molecule has 1 N–H and O–H groups in total. The highest BCUT2D eigenvalue weighted by atomic mass is 15.2. The van der Waals surface area contributed by atoms with Crippen LogP contribution in [-0.4, -0.2) is 23.4 Å². The van der Waals surface area contributed by atoms with E-state index in [0.717, 1.165) is 13.0 Å². The molecule has 0 aliphatic heterocycles. The van der Waals surface area contributed by atoms with E-state index < -0.39 is 0 Å². The van der Waals surface area contributed by atoms with E-state index in [9.17, 15) is 0 Å². The maximum absolute atomic E-state index is 4.45. The molecule has 0 fully saturated rings. The normalized spacial score (nSPS) is 15.6. The Labute approximate surface area is 92.9 Å². The molecule has 86 valence electrons. The molecule has 15 heavy (non-hydrogen) atoms. The first-order chi connectivity index (χ1) is 6.98. The van der Waals surface area contributed by atoms with Crippen molar-refractivity contribution in [1.29, 1.82) is 0 Å². The van der Waals surface area contributed by atoms with Gasteiger partial charge in [-0.15, -0.1) is 0 Å². The summed E-state index contributed by atoms with van der Waals surface area (Å²) in [6.07, 6.45) is 3.04. The number of aryl methyl sites for hydroxylation is 1. The van der Waals surface area contributed by atoms with E-state index >= 15 is 0 Å². The molecule has 3 nitrogen and oxygen atoms in total. The SMILES string of the molecule is CNCC(C)(Cc1ccn(C)n1)C(C)C. The summed E-state index contributed by atoms with van der Waals surface area (Å²) in [5.41, 5.74) is 1.47. The van der Waals surface area contributed by atoms with Crippen molar-refractivity contribution in [2.24, 2.45) is 18.4 Å². The highest BCUT2D eigenvalue weighted by molar-refractivity contribution is 5.03. The summed E-state index contributed by atoms with van der Waals surface area (Å²) in [5.74, 6) is 0.645. The van der Waals surface area contributed by atoms with E-state index in [1.165, 1.54) is 5.69 Å². The molecular formula is C12H23N3. The largest absolute Gasteiger partial charge is 0.319 e. The standard InChI is InChI=1S/C12H23N3/c1-10(2)12(3,9-13-4)8-11-6-7-15(5)14-11/h6-7,10,13H,8-9H2,1-5H3. The van der Waals surface area contributed by atoms with Gasteiger partial charge in [0.05, 0.1) is 5.69 Å². The minimum atomic E-state index is 0.281. The fourth-order valence-electron chi connectivity index (χ4n) is 1.85. The molecule has 0 amide bonds. The van der Waals surface area contributed by atoms with Gasteiger partial charge in [0, 0.05) is 19.8 Å². The molecule has 1 unspecified atom stereocenters. The van der Waals surface area contributed by atoms with Gasteiger partial charge in [-0.2, -0.15) is 5.10 Å². The number of hydrogen-bond donors (Lipinski definition) is 1. The average Bonchev–Trinajstić information content (AvgIpc) is 2.51. The molecule has 1 atom stereocenters. The fraction of sp³-hybridized carbons (Fsp3) is 0.750. The third-order valence-electron chi connectivity index (χ3n) is 3.33. The van der Waals surface area contributed by atoms with E-state index in [1.807, 2.05) is 25.0 Å². The van der Waals surface area contributed by atoms with Crippen LogP contribution in [0.2, 0.25) is 0 Å². The fourth-order valence-corrected chi connectivity index (χ4v) is 1.85. The Hall–Kier alpha value is -0.830. The van der Waals surface area contributed by atoms with Crippen molar-refractivity contribution < 1.29 is 0 Å². The number of hydrogen-bond acceptors (Lipinski definition) is 2. The smallest absolute Gasteiger partial charge is 0.0630 e. The van der Waals surface area contributed by atoms with Crippen LogP contribution in [0.1, 0.15) is 26.5 Å². The van der Waals surface area contributed by atoms with Crippen molar-refractivity contribution in [3.8, 4) is 0 Å². The van der Waals surface area contributed by atoms with E-state index in [4.69, 9.17) is 0 Å². The zero-order valence-electron chi connectivity index (χ0n) is 10.5. The number of nitrogens with one attached hydrogen (secondary N) is 1. The van der Waals surface area contributed by atoms with Crippen molar-refractivity contribution in [2.75, 3.05) is 13.6 Å². The van der Waals surface area contributed by atoms with E-state index in [1.54, 1.807) is 0 Å². The van der Waals surface area contributed by atoms with Gasteiger partial charge in [-0.25, -0.2) is 0 Å². The summed E-state index contributed by atoms with van der Waals surface area (Å²) in [6, 6.07) is 2.11. The Kier molecular flexibility index (Phi) is 3.91. The van der Waals surface area contributed by atoms with Crippen LogP contribution in [-0.2, 0) is 13.5 Å². The highest BCUT2D eigenvalue weighted by Gasteiger charge is 2.28.